The Hall–Kier alpha value is -1.91. The smallest absolute Gasteiger partial charge is 0.136 e. The Balaban J connectivity index is 2.56. The van der Waals surface area contributed by atoms with E-state index in [0.717, 1.165) is 22.2 Å². The largest absolute Gasteiger partial charge is 0.395 e. The summed E-state index contributed by atoms with van der Waals surface area (Å²) in [5.41, 5.74) is 6.78. The summed E-state index contributed by atoms with van der Waals surface area (Å²) in [5.74, 6) is 0.863. The molecule has 1 aromatic carbocycles. The number of aliphatic hydroxyl groups is 1. The predicted octanol–water partition coefficient (Wildman–Crippen LogP) is 1.68. The van der Waals surface area contributed by atoms with E-state index in [2.05, 4.69) is 11.6 Å². The van der Waals surface area contributed by atoms with Gasteiger partial charge in [-0.05, 0) is 10.9 Å². The molecule has 0 saturated heterocycles. The average Bonchev–Trinajstić information content (AvgIpc) is 2.46. The van der Waals surface area contributed by atoms with E-state index >= 15 is 0 Å². The molecule has 0 atom stereocenters. The highest BCUT2D eigenvalue weighted by atomic mass is 16.3. The molecule has 0 aliphatic rings. The molecule has 0 amide bonds. The molecule has 0 aliphatic heterocycles. The number of fused-ring (bicyclic) bond motifs is 1. The maximum absolute atomic E-state index is 9.17. The van der Waals surface area contributed by atoms with Crippen LogP contribution in [0.2, 0.25) is 0 Å². The molecule has 0 spiro atoms. The summed E-state index contributed by atoms with van der Waals surface area (Å²) in [6, 6.07) is 8.06. The van der Waals surface area contributed by atoms with Crippen molar-refractivity contribution >= 4 is 16.6 Å². The van der Waals surface area contributed by atoms with Crippen LogP contribution in [0, 0.1) is 0 Å². The van der Waals surface area contributed by atoms with Crippen LogP contribution in [-0.4, -0.2) is 29.8 Å². The van der Waals surface area contributed by atoms with Crippen molar-refractivity contribution in [1.82, 2.24) is 4.98 Å². The Bertz CT molecular complexity index is 568. The van der Waals surface area contributed by atoms with Crippen LogP contribution in [0.4, 0.5) is 5.82 Å². The fourth-order valence-corrected chi connectivity index (χ4v) is 2.21. The lowest BCUT2D eigenvalue weighted by molar-refractivity contribution is 0.303. The zero-order valence-corrected chi connectivity index (χ0v) is 10.9. The lowest BCUT2D eigenvalue weighted by atomic mass is 10.1. The van der Waals surface area contributed by atoms with Crippen LogP contribution in [0.15, 0.2) is 43.1 Å². The summed E-state index contributed by atoms with van der Waals surface area (Å²) in [6.07, 6.45) is 3.62. The van der Waals surface area contributed by atoms with E-state index in [1.807, 2.05) is 41.4 Å². The maximum Gasteiger partial charge on any atom is 0.136 e. The molecular weight excluding hydrogens is 238 g/mol. The Morgan fingerprint density at radius 1 is 1.32 bits per heavy atom. The first kappa shape index (κ1) is 13.5. The number of aromatic nitrogens is 1. The minimum absolute atomic E-state index is 0.0858. The SMILES string of the molecule is C=CCN(CCO)c1ncc(CN)c2ccccc12. The van der Waals surface area contributed by atoms with Gasteiger partial charge >= 0.3 is 0 Å². The number of nitrogens with two attached hydrogens (primary N) is 1. The molecule has 0 fully saturated rings. The van der Waals surface area contributed by atoms with Crippen molar-refractivity contribution in [1.29, 1.82) is 0 Å². The Labute approximate surface area is 113 Å². The fraction of sp³-hybridized carbons (Fsp3) is 0.267. The zero-order valence-electron chi connectivity index (χ0n) is 10.9. The van der Waals surface area contributed by atoms with Crippen molar-refractivity contribution in [2.45, 2.75) is 6.54 Å². The Morgan fingerprint density at radius 3 is 2.68 bits per heavy atom. The van der Waals surface area contributed by atoms with Gasteiger partial charge in [0, 0.05) is 31.2 Å². The molecule has 0 radical (unpaired) electrons. The van der Waals surface area contributed by atoms with E-state index in [4.69, 9.17) is 5.73 Å². The van der Waals surface area contributed by atoms with E-state index in [1.54, 1.807) is 0 Å². The van der Waals surface area contributed by atoms with E-state index in [-0.39, 0.29) is 6.61 Å². The number of hydrogen-bond donors (Lipinski definition) is 2. The lowest BCUT2D eigenvalue weighted by Gasteiger charge is -2.23. The van der Waals surface area contributed by atoms with Gasteiger partial charge < -0.3 is 15.7 Å². The van der Waals surface area contributed by atoms with E-state index in [0.29, 0.717) is 19.6 Å². The molecule has 0 saturated carbocycles. The first-order valence-corrected chi connectivity index (χ1v) is 6.35. The molecule has 19 heavy (non-hydrogen) atoms. The van der Waals surface area contributed by atoms with Crippen molar-refractivity contribution in [2.24, 2.45) is 5.73 Å². The van der Waals surface area contributed by atoms with E-state index in [9.17, 15) is 5.11 Å². The monoisotopic (exact) mass is 257 g/mol. The molecule has 0 bridgehead atoms. The second kappa shape index (κ2) is 6.31. The van der Waals surface area contributed by atoms with Crippen LogP contribution in [0.5, 0.6) is 0 Å². The van der Waals surface area contributed by atoms with Crippen molar-refractivity contribution < 1.29 is 5.11 Å². The molecule has 1 heterocycles. The molecule has 4 nitrogen and oxygen atoms in total. The number of nitrogens with zero attached hydrogens (tertiary/aromatic N) is 2. The summed E-state index contributed by atoms with van der Waals surface area (Å²) in [7, 11) is 0. The minimum Gasteiger partial charge on any atom is -0.395 e. The van der Waals surface area contributed by atoms with Crippen LogP contribution < -0.4 is 10.6 Å². The second-order valence-electron chi connectivity index (χ2n) is 4.32. The number of anilines is 1. The zero-order chi connectivity index (χ0) is 13.7. The third kappa shape index (κ3) is 2.75. The van der Waals surface area contributed by atoms with Crippen LogP contribution in [0.3, 0.4) is 0 Å². The topological polar surface area (TPSA) is 62.4 Å². The van der Waals surface area contributed by atoms with Crippen molar-refractivity contribution in [3.63, 3.8) is 0 Å². The third-order valence-corrected chi connectivity index (χ3v) is 3.10. The van der Waals surface area contributed by atoms with Gasteiger partial charge in [-0.25, -0.2) is 4.98 Å². The quantitative estimate of drug-likeness (QED) is 0.773. The van der Waals surface area contributed by atoms with E-state index < -0.39 is 0 Å². The summed E-state index contributed by atoms with van der Waals surface area (Å²) in [5, 5.41) is 11.3. The fourth-order valence-electron chi connectivity index (χ4n) is 2.21. The molecule has 3 N–H and O–H groups in total. The summed E-state index contributed by atoms with van der Waals surface area (Å²) in [6.45, 7) is 5.49. The molecule has 2 rings (SSSR count). The number of pyridine rings is 1. The van der Waals surface area contributed by atoms with Gasteiger partial charge in [0.2, 0.25) is 0 Å². The number of benzene rings is 1. The molecular formula is C15H19N3O. The maximum atomic E-state index is 9.17. The molecule has 0 unspecified atom stereocenters. The van der Waals surface area contributed by atoms with Crippen molar-refractivity contribution in [3.05, 3.63) is 48.7 Å². The van der Waals surface area contributed by atoms with Gasteiger partial charge in [0.1, 0.15) is 5.82 Å². The van der Waals surface area contributed by atoms with Crippen molar-refractivity contribution in [2.75, 3.05) is 24.6 Å². The molecule has 4 heteroatoms. The molecule has 1 aromatic heterocycles. The number of rotatable bonds is 6. The van der Waals surface area contributed by atoms with Gasteiger partial charge in [0.25, 0.3) is 0 Å². The first-order valence-electron chi connectivity index (χ1n) is 6.35. The molecule has 2 aromatic rings. The Kier molecular flexibility index (Phi) is 4.49. The van der Waals surface area contributed by atoms with Crippen LogP contribution in [0.1, 0.15) is 5.56 Å². The average molecular weight is 257 g/mol. The first-order chi connectivity index (χ1) is 9.31. The molecule has 0 aliphatic carbocycles. The summed E-state index contributed by atoms with van der Waals surface area (Å²) >= 11 is 0. The summed E-state index contributed by atoms with van der Waals surface area (Å²) in [4.78, 5) is 6.51. The van der Waals surface area contributed by atoms with Gasteiger partial charge in [0.15, 0.2) is 0 Å². The van der Waals surface area contributed by atoms with Crippen LogP contribution in [-0.2, 0) is 6.54 Å². The highest BCUT2D eigenvalue weighted by molar-refractivity contribution is 5.94. The predicted molar refractivity (Wildman–Crippen MR) is 79.1 cm³/mol. The lowest BCUT2D eigenvalue weighted by Crippen LogP contribution is -2.27. The normalized spacial score (nSPS) is 10.6. The van der Waals surface area contributed by atoms with Crippen molar-refractivity contribution in [3.8, 4) is 0 Å². The van der Waals surface area contributed by atoms with Crippen LogP contribution in [0.25, 0.3) is 10.8 Å². The number of aliphatic hydroxyl groups excluding tert-OH is 1. The Morgan fingerprint density at radius 2 is 2.05 bits per heavy atom. The highest BCUT2D eigenvalue weighted by Crippen LogP contribution is 2.26. The van der Waals surface area contributed by atoms with E-state index in [1.165, 1.54) is 0 Å². The number of hydrogen-bond acceptors (Lipinski definition) is 4. The highest BCUT2D eigenvalue weighted by Gasteiger charge is 2.11. The third-order valence-electron chi connectivity index (χ3n) is 3.10. The van der Waals surface area contributed by atoms with Gasteiger partial charge in [0.05, 0.1) is 6.61 Å². The second-order valence-corrected chi connectivity index (χ2v) is 4.32. The standard InChI is InChI=1S/C15H19N3O/c1-2-7-18(8-9-19)15-14-6-4-3-5-13(14)12(10-16)11-17-15/h2-6,11,19H,1,7-10,16H2. The van der Waals surface area contributed by atoms with Gasteiger partial charge in [-0.3, -0.25) is 0 Å². The minimum atomic E-state index is 0.0858. The van der Waals surface area contributed by atoms with Gasteiger partial charge in [-0.1, -0.05) is 30.3 Å². The molecule has 100 valence electrons. The summed E-state index contributed by atoms with van der Waals surface area (Å²) < 4.78 is 0. The van der Waals surface area contributed by atoms with Gasteiger partial charge in [-0.15, -0.1) is 6.58 Å². The van der Waals surface area contributed by atoms with Crippen LogP contribution >= 0.6 is 0 Å². The van der Waals surface area contributed by atoms with Gasteiger partial charge in [-0.2, -0.15) is 0 Å².